The van der Waals surface area contributed by atoms with E-state index in [4.69, 9.17) is 9.47 Å². The molecule has 0 aliphatic carbocycles. The zero-order chi connectivity index (χ0) is 23.6. The molecule has 2 aromatic carbocycles. The van der Waals surface area contributed by atoms with Crippen LogP contribution < -0.4 is 4.74 Å². The van der Waals surface area contributed by atoms with Gasteiger partial charge in [0.25, 0.3) is 0 Å². The second-order valence-electron chi connectivity index (χ2n) is 9.04. The molecule has 0 spiro atoms. The van der Waals surface area contributed by atoms with Crippen molar-refractivity contribution in [1.82, 2.24) is 9.88 Å². The Morgan fingerprint density at radius 3 is 2.09 bits per heavy atom. The van der Waals surface area contributed by atoms with Crippen molar-refractivity contribution >= 4 is 5.91 Å². The van der Waals surface area contributed by atoms with Gasteiger partial charge in [0.2, 0.25) is 5.91 Å². The topological polar surface area (TPSA) is 51.7 Å². The van der Waals surface area contributed by atoms with Gasteiger partial charge in [-0.3, -0.25) is 9.78 Å². The lowest BCUT2D eigenvalue weighted by Gasteiger charge is -2.32. The number of hydrogen-bond donors (Lipinski definition) is 0. The van der Waals surface area contributed by atoms with Crippen LogP contribution in [0.25, 0.3) is 0 Å². The van der Waals surface area contributed by atoms with Crippen LogP contribution in [-0.4, -0.2) is 36.0 Å². The minimum absolute atomic E-state index is 0.269. The number of piperidine rings is 1. The highest BCUT2D eigenvalue weighted by Crippen LogP contribution is 2.23. The normalized spacial score (nSPS) is 14.2. The Kier molecular flexibility index (Phi) is 8.69. The van der Waals surface area contributed by atoms with Crippen LogP contribution >= 0.6 is 0 Å². The van der Waals surface area contributed by atoms with Gasteiger partial charge >= 0.3 is 0 Å². The summed E-state index contributed by atoms with van der Waals surface area (Å²) < 4.78 is 11.0. The highest BCUT2D eigenvalue weighted by molar-refractivity contribution is 5.76. The van der Waals surface area contributed by atoms with Crippen molar-refractivity contribution in [3.63, 3.8) is 0 Å². The van der Waals surface area contributed by atoms with Crippen molar-refractivity contribution in [2.45, 2.75) is 45.3 Å². The Bertz CT molecular complexity index is 1010. The summed E-state index contributed by atoms with van der Waals surface area (Å²) in [5.41, 5.74) is 4.87. The second-order valence-corrected chi connectivity index (χ2v) is 9.04. The number of likely N-dealkylation sites (tertiary alicyclic amines) is 1. The van der Waals surface area contributed by atoms with E-state index in [1.165, 1.54) is 16.7 Å². The maximum absolute atomic E-state index is 12.7. The zero-order valence-corrected chi connectivity index (χ0v) is 20.0. The molecular weight excluding hydrogens is 424 g/mol. The summed E-state index contributed by atoms with van der Waals surface area (Å²) in [5, 5.41) is 0. The Morgan fingerprint density at radius 2 is 1.44 bits per heavy atom. The Balaban J connectivity index is 1.15. The minimum atomic E-state index is 0.269. The van der Waals surface area contributed by atoms with Gasteiger partial charge in [-0.2, -0.15) is 0 Å². The third kappa shape index (κ3) is 7.16. The number of carbonyl (C=O) groups is 1. The molecule has 0 saturated carbocycles. The van der Waals surface area contributed by atoms with Gasteiger partial charge in [0.05, 0.1) is 20.3 Å². The summed E-state index contributed by atoms with van der Waals surface area (Å²) in [4.78, 5) is 18.7. The molecule has 1 aromatic heterocycles. The van der Waals surface area contributed by atoms with E-state index in [1.54, 1.807) is 19.5 Å². The molecule has 178 valence electrons. The van der Waals surface area contributed by atoms with E-state index in [1.807, 2.05) is 41.3 Å². The van der Waals surface area contributed by atoms with Gasteiger partial charge in [0, 0.05) is 31.9 Å². The molecule has 0 atom stereocenters. The van der Waals surface area contributed by atoms with Crippen molar-refractivity contribution in [3.05, 3.63) is 95.3 Å². The molecule has 0 bridgehead atoms. The van der Waals surface area contributed by atoms with E-state index in [2.05, 4.69) is 29.2 Å². The number of pyridine rings is 1. The first-order valence-electron chi connectivity index (χ1n) is 12.1. The lowest BCUT2D eigenvalue weighted by atomic mass is 9.89. The molecule has 2 heterocycles. The van der Waals surface area contributed by atoms with E-state index < -0.39 is 0 Å². The van der Waals surface area contributed by atoms with E-state index in [9.17, 15) is 4.79 Å². The summed E-state index contributed by atoms with van der Waals surface area (Å²) in [6.45, 7) is 2.95. The van der Waals surface area contributed by atoms with Gasteiger partial charge < -0.3 is 14.4 Å². The van der Waals surface area contributed by atoms with Crippen LogP contribution in [0.5, 0.6) is 5.75 Å². The molecule has 5 nitrogen and oxygen atoms in total. The molecule has 0 unspecified atom stereocenters. The van der Waals surface area contributed by atoms with Gasteiger partial charge in [-0.1, -0.05) is 36.4 Å². The molecule has 34 heavy (non-hydrogen) atoms. The Morgan fingerprint density at radius 1 is 0.853 bits per heavy atom. The summed E-state index contributed by atoms with van der Waals surface area (Å²) >= 11 is 0. The molecule has 5 heteroatoms. The van der Waals surface area contributed by atoms with Crippen molar-refractivity contribution in [2.24, 2.45) is 5.92 Å². The van der Waals surface area contributed by atoms with Crippen molar-refractivity contribution < 1.29 is 14.3 Å². The number of carbonyl (C=O) groups excluding carboxylic acids is 1. The maximum Gasteiger partial charge on any atom is 0.222 e. The predicted octanol–water partition coefficient (Wildman–Crippen LogP) is 5.22. The SMILES string of the molecule is COc1ccc(CCC(=O)N2CCC(Cc3ccc(COCc4ccncc4)cc3)CC2)cc1. The minimum Gasteiger partial charge on any atom is -0.497 e. The fraction of sp³-hybridized carbons (Fsp3) is 0.379. The van der Waals surface area contributed by atoms with E-state index in [0.29, 0.717) is 25.6 Å². The number of benzene rings is 2. The summed E-state index contributed by atoms with van der Waals surface area (Å²) in [5.74, 6) is 1.76. The molecule has 1 saturated heterocycles. The third-order valence-corrected chi connectivity index (χ3v) is 6.59. The van der Waals surface area contributed by atoms with E-state index in [-0.39, 0.29) is 5.91 Å². The molecule has 1 fully saturated rings. The number of methoxy groups -OCH3 is 1. The summed E-state index contributed by atoms with van der Waals surface area (Å²) in [6.07, 6.45) is 8.15. The quantitative estimate of drug-likeness (QED) is 0.418. The lowest BCUT2D eigenvalue weighted by molar-refractivity contribution is -0.132. The van der Waals surface area contributed by atoms with Crippen molar-refractivity contribution in [2.75, 3.05) is 20.2 Å². The number of aryl methyl sites for hydroxylation is 1. The van der Waals surface area contributed by atoms with Crippen LogP contribution in [0.3, 0.4) is 0 Å². The Labute approximate surface area is 202 Å². The average molecular weight is 459 g/mol. The van der Waals surface area contributed by atoms with Crippen LogP contribution in [0.1, 0.15) is 41.5 Å². The number of ether oxygens (including phenoxy) is 2. The monoisotopic (exact) mass is 458 g/mol. The fourth-order valence-electron chi connectivity index (χ4n) is 4.46. The molecule has 1 aliphatic heterocycles. The average Bonchev–Trinajstić information content (AvgIpc) is 2.89. The third-order valence-electron chi connectivity index (χ3n) is 6.59. The maximum atomic E-state index is 12.7. The first-order valence-corrected chi connectivity index (χ1v) is 12.1. The number of hydrogen-bond acceptors (Lipinski definition) is 4. The van der Waals surface area contributed by atoms with Gasteiger partial charge in [-0.15, -0.1) is 0 Å². The first kappa shape index (κ1) is 24.0. The Hall–Kier alpha value is -3.18. The number of rotatable bonds is 10. The van der Waals surface area contributed by atoms with Crippen LogP contribution in [0.4, 0.5) is 0 Å². The van der Waals surface area contributed by atoms with Gasteiger partial charge in [0.15, 0.2) is 0 Å². The zero-order valence-electron chi connectivity index (χ0n) is 20.0. The highest BCUT2D eigenvalue weighted by Gasteiger charge is 2.22. The van der Waals surface area contributed by atoms with Crippen molar-refractivity contribution in [1.29, 1.82) is 0 Å². The first-order chi connectivity index (χ1) is 16.7. The van der Waals surface area contributed by atoms with Crippen LogP contribution in [-0.2, 0) is 35.6 Å². The molecule has 0 N–H and O–H groups in total. The molecule has 4 rings (SSSR count). The fourth-order valence-corrected chi connectivity index (χ4v) is 4.46. The molecule has 1 aliphatic rings. The highest BCUT2D eigenvalue weighted by atomic mass is 16.5. The molecule has 3 aromatic rings. The number of nitrogens with zero attached hydrogens (tertiary/aromatic N) is 2. The van der Waals surface area contributed by atoms with Gasteiger partial charge in [0.1, 0.15) is 5.75 Å². The predicted molar refractivity (Wildman–Crippen MR) is 133 cm³/mol. The van der Waals surface area contributed by atoms with Crippen molar-refractivity contribution in [3.8, 4) is 5.75 Å². The van der Waals surface area contributed by atoms with E-state index in [0.717, 1.165) is 50.1 Å². The smallest absolute Gasteiger partial charge is 0.222 e. The number of aromatic nitrogens is 1. The molecular formula is C29H34N2O3. The largest absolute Gasteiger partial charge is 0.497 e. The standard InChI is InChI=1S/C29H34N2O3/c1-33-28-9-6-23(7-10-28)8-11-29(32)31-18-14-25(15-19-31)20-24-2-4-26(5-3-24)21-34-22-27-12-16-30-17-13-27/h2-7,9-10,12-13,16-17,25H,8,11,14-15,18-22H2,1H3. The van der Waals surface area contributed by atoms with Crippen LogP contribution in [0.2, 0.25) is 0 Å². The number of amides is 1. The summed E-state index contributed by atoms with van der Waals surface area (Å²) in [6, 6.07) is 20.7. The van der Waals surface area contributed by atoms with E-state index >= 15 is 0 Å². The summed E-state index contributed by atoms with van der Waals surface area (Å²) in [7, 11) is 1.67. The second kappa shape index (κ2) is 12.3. The lowest BCUT2D eigenvalue weighted by Crippen LogP contribution is -2.39. The molecule has 0 radical (unpaired) electrons. The van der Waals surface area contributed by atoms with Gasteiger partial charge in [-0.25, -0.2) is 0 Å². The van der Waals surface area contributed by atoms with Gasteiger partial charge in [-0.05, 0) is 78.1 Å². The van der Waals surface area contributed by atoms with Crippen LogP contribution in [0, 0.1) is 5.92 Å². The molecule has 1 amide bonds. The van der Waals surface area contributed by atoms with Crippen LogP contribution in [0.15, 0.2) is 73.1 Å².